The Balaban J connectivity index is 1.57. The maximum absolute atomic E-state index is 6.12. The molecule has 0 unspecified atom stereocenters. The lowest BCUT2D eigenvalue weighted by atomic mass is 10.1. The molecule has 1 aliphatic heterocycles. The summed E-state index contributed by atoms with van der Waals surface area (Å²) < 4.78 is 18.1. The van der Waals surface area contributed by atoms with E-state index in [4.69, 9.17) is 19.2 Å². The highest BCUT2D eigenvalue weighted by Crippen LogP contribution is 2.32. The van der Waals surface area contributed by atoms with Gasteiger partial charge in [0.05, 0.1) is 18.9 Å². The van der Waals surface area contributed by atoms with E-state index in [1.165, 1.54) is 0 Å². The van der Waals surface area contributed by atoms with Crippen molar-refractivity contribution in [1.82, 2.24) is 14.9 Å². The van der Waals surface area contributed by atoms with Crippen LogP contribution in [0.25, 0.3) is 11.3 Å². The lowest BCUT2D eigenvalue weighted by Crippen LogP contribution is -2.28. The molecule has 35 heavy (non-hydrogen) atoms. The lowest BCUT2D eigenvalue weighted by Gasteiger charge is -2.19. The van der Waals surface area contributed by atoms with Gasteiger partial charge >= 0.3 is 0 Å². The van der Waals surface area contributed by atoms with Crippen molar-refractivity contribution in [3.8, 4) is 28.5 Å². The van der Waals surface area contributed by atoms with Crippen LogP contribution in [0.4, 0.5) is 11.6 Å². The van der Waals surface area contributed by atoms with Crippen molar-refractivity contribution in [2.24, 2.45) is 0 Å². The highest BCUT2D eigenvalue weighted by molar-refractivity contribution is 5.64. The van der Waals surface area contributed by atoms with Crippen molar-refractivity contribution in [2.45, 2.75) is 26.7 Å². The smallest absolute Gasteiger partial charge is 0.227 e. The maximum Gasteiger partial charge on any atom is 0.227 e. The summed E-state index contributed by atoms with van der Waals surface area (Å²) in [6.45, 7) is 8.99. The number of nitrogens with zero attached hydrogens (tertiary/aromatic N) is 3. The topological polar surface area (TPSA) is 68.7 Å². The van der Waals surface area contributed by atoms with Gasteiger partial charge < -0.3 is 24.4 Å². The fourth-order valence-corrected chi connectivity index (χ4v) is 3.81. The number of hydrogen-bond acceptors (Lipinski definition) is 7. The molecule has 0 radical (unpaired) electrons. The largest absolute Gasteiger partial charge is 0.493 e. The summed E-state index contributed by atoms with van der Waals surface area (Å²) in [5.74, 6) is 2.78. The maximum atomic E-state index is 6.12. The molecule has 0 fully saturated rings. The van der Waals surface area contributed by atoms with Crippen LogP contribution in [-0.4, -0.2) is 54.3 Å². The number of fused-ring (bicyclic) bond motifs is 7. The van der Waals surface area contributed by atoms with E-state index in [9.17, 15) is 0 Å². The number of anilines is 2. The minimum atomic E-state index is 0.513. The van der Waals surface area contributed by atoms with E-state index in [1.807, 2.05) is 48.5 Å². The van der Waals surface area contributed by atoms with Crippen molar-refractivity contribution < 1.29 is 14.2 Å². The van der Waals surface area contributed by atoms with Gasteiger partial charge in [0.1, 0.15) is 12.4 Å². The second kappa shape index (κ2) is 12.8. The number of hydrogen-bond donors (Lipinski definition) is 1. The van der Waals surface area contributed by atoms with Crippen LogP contribution in [0.5, 0.6) is 17.2 Å². The minimum Gasteiger partial charge on any atom is -0.493 e. The molecule has 1 N–H and O–H groups in total. The Bertz CT molecular complexity index is 1110. The second-order valence-electron chi connectivity index (χ2n) is 8.20. The van der Waals surface area contributed by atoms with Crippen LogP contribution in [0.3, 0.4) is 0 Å². The second-order valence-corrected chi connectivity index (χ2v) is 8.20. The zero-order valence-corrected chi connectivity index (χ0v) is 20.6. The molecule has 0 aliphatic carbocycles. The van der Waals surface area contributed by atoms with Gasteiger partial charge in [0.25, 0.3) is 0 Å². The van der Waals surface area contributed by atoms with Gasteiger partial charge in [-0.15, -0.1) is 0 Å². The van der Waals surface area contributed by atoms with E-state index in [2.05, 4.69) is 41.2 Å². The minimum absolute atomic E-state index is 0.513. The van der Waals surface area contributed by atoms with Crippen LogP contribution in [0.2, 0.25) is 0 Å². The molecule has 0 spiro atoms. The van der Waals surface area contributed by atoms with Crippen molar-refractivity contribution in [3.63, 3.8) is 0 Å². The molecule has 6 bridgehead atoms. The lowest BCUT2D eigenvalue weighted by molar-refractivity contribution is 0.213. The first kappa shape index (κ1) is 24.5. The van der Waals surface area contributed by atoms with E-state index >= 15 is 0 Å². The molecule has 1 aliphatic rings. The van der Waals surface area contributed by atoms with E-state index in [-0.39, 0.29) is 0 Å². The summed E-state index contributed by atoms with van der Waals surface area (Å²) in [7, 11) is 0. The van der Waals surface area contributed by atoms with E-state index in [1.54, 1.807) is 6.20 Å². The van der Waals surface area contributed by atoms with Gasteiger partial charge in [-0.05, 0) is 56.3 Å². The molecule has 0 saturated carbocycles. The Labute approximate surface area is 207 Å². The third-order valence-electron chi connectivity index (χ3n) is 5.81. The third-order valence-corrected chi connectivity index (χ3v) is 5.81. The van der Waals surface area contributed by atoms with Gasteiger partial charge in [-0.1, -0.05) is 38.1 Å². The van der Waals surface area contributed by atoms with E-state index < -0.39 is 0 Å². The third kappa shape index (κ3) is 7.20. The summed E-state index contributed by atoms with van der Waals surface area (Å²) in [6.07, 6.45) is 7.65. The first-order valence-corrected chi connectivity index (χ1v) is 12.4. The molecule has 7 nitrogen and oxygen atoms in total. The highest BCUT2D eigenvalue weighted by Gasteiger charge is 2.10. The summed E-state index contributed by atoms with van der Waals surface area (Å²) >= 11 is 0. The summed E-state index contributed by atoms with van der Waals surface area (Å²) in [4.78, 5) is 11.4. The standard InChI is InChI=1S/C28H34N4O3/c1-3-32(4-2)16-19-35-26-13-12-23-21-27(26)34-18-8-6-5-7-17-33-24-11-9-10-22(20-24)25-14-15-29-28(30-23)31-25/h5-6,9-15,20-21H,3-4,7-8,16-19H2,1-2H3,(H,29,30,31)/b6-5+. The highest BCUT2D eigenvalue weighted by atomic mass is 16.5. The van der Waals surface area contributed by atoms with Gasteiger partial charge in [-0.3, -0.25) is 0 Å². The van der Waals surface area contributed by atoms with Gasteiger partial charge in [0, 0.05) is 30.1 Å². The number of benzene rings is 2. The molecule has 0 amide bonds. The molecule has 1 aromatic heterocycles. The van der Waals surface area contributed by atoms with Crippen LogP contribution in [0, 0.1) is 0 Å². The Morgan fingerprint density at radius 1 is 0.971 bits per heavy atom. The molecule has 184 valence electrons. The normalized spacial score (nSPS) is 14.6. The molecule has 2 aromatic carbocycles. The van der Waals surface area contributed by atoms with Crippen LogP contribution < -0.4 is 19.5 Å². The van der Waals surface area contributed by atoms with Crippen molar-refractivity contribution in [1.29, 1.82) is 0 Å². The van der Waals surface area contributed by atoms with Crippen LogP contribution >= 0.6 is 0 Å². The van der Waals surface area contributed by atoms with Gasteiger partial charge in [0.15, 0.2) is 11.5 Å². The Morgan fingerprint density at radius 3 is 2.63 bits per heavy atom. The number of ether oxygens (including phenoxy) is 3. The number of rotatable bonds is 6. The van der Waals surface area contributed by atoms with Crippen molar-refractivity contribution >= 4 is 11.6 Å². The molecule has 0 saturated heterocycles. The number of nitrogens with one attached hydrogen (secondary N) is 1. The average molecular weight is 475 g/mol. The molecule has 4 rings (SSSR count). The number of aromatic nitrogens is 2. The monoisotopic (exact) mass is 474 g/mol. The van der Waals surface area contributed by atoms with Gasteiger partial charge in [-0.25, -0.2) is 9.97 Å². The summed E-state index contributed by atoms with van der Waals surface area (Å²) in [5, 5.41) is 3.30. The van der Waals surface area contributed by atoms with E-state index in [0.717, 1.165) is 60.9 Å². The molecular formula is C28H34N4O3. The molecule has 2 heterocycles. The SMILES string of the molecule is CCN(CC)CCOc1ccc2cc1OCC/C=C/CCOc1cccc(c1)-c1ccnc(n1)N2. The van der Waals surface area contributed by atoms with Crippen molar-refractivity contribution in [2.75, 3.05) is 44.8 Å². The van der Waals surface area contributed by atoms with E-state index in [0.29, 0.717) is 31.5 Å². The van der Waals surface area contributed by atoms with Crippen molar-refractivity contribution in [3.05, 3.63) is 66.9 Å². The Hall–Kier alpha value is -3.58. The first-order chi connectivity index (χ1) is 17.2. The Kier molecular flexibility index (Phi) is 8.95. The predicted octanol–water partition coefficient (Wildman–Crippen LogP) is 5.72. The van der Waals surface area contributed by atoms with Crippen LogP contribution in [0.15, 0.2) is 66.9 Å². The molecule has 3 aromatic rings. The predicted molar refractivity (Wildman–Crippen MR) is 140 cm³/mol. The Morgan fingerprint density at radius 2 is 1.80 bits per heavy atom. The quantitative estimate of drug-likeness (QED) is 0.459. The molecule has 0 atom stereocenters. The molecule has 7 heteroatoms. The van der Waals surface area contributed by atoms with Gasteiger partial charge in [0.2, 0.25) is 5.95 Å². The fourth-order valence-electron chi connectivity index (χ4n) is 3.81. The fraction of sp³-hybridized carbons (Fsp3) is 0.357. The summed E-state index contributed by atoms with van der Waals surface area (Å²) in [5.41, 5.74) is 2.63. The zero-order chi connectivity index (χ0) is 24.3. The molecular weight excluding hydrogens is 440 g/mol. The number of likely N-dealkylation sites (N-methyl/N-ethyl adjacent to an activating group) is 1. The average Bonchev–Trinajstić information content (AvgIpc) is 2.89. The zero-order valence-electron chi connectivity index (χ0n) is 20.6. The van der Waals surface area contributed by atoms with Crippen LogP contribution in [-0.2, 0) is 0 Å². The van der Waals surface area contributed by atoms with Gasteiger partial charge in [-0.2, -0.15) is 0 Å². The van der Waals surface area contributed by atoms with Crippen LogP contribution in [0.1, 0.15) is 26.7 Å². The summed E-state index contributed by atoms with van der Waals surface area (Å²) in [6, 6.07) is 15.7. The first-order valence-electron chi connectivity index (χ1n) is 12.4.